The van der Waals surface area contributed by atoms with E-state index >= 15 is 0 Å². The summed E-state index contributed by atoms with van der Waals surface area (Å²) in [6.45, 7) is 3.28. The molecule has 0 aliphatic carbocycles. The van der Waals surface area contributed by atoms with Crippen molar-refractivity contribution in [3.05, 3.63) is 30.5 Å². The van der Waals surface area contributed by atoms with Crippen LogP contribution in [-0.2, 0) is 0 Å². The van der Waals surface area contributed by atoms with Gasteiger partial charge >= 0.3 is 0 Å². The van der Waals surface area contributed by atoms with Gasteiger partial charge in [0.15, 0.2) is 0 Å². The van der Waals surface area contributed by atoms with Crippen molar-refractivity contribution in [1.82, 2.24) is 10.3 Å². The van der Waals surface area contributed by atoms with Gasteiger partial charge in [-0.1, -0.05) is 12.1 Å². The van der Waals surface area contributed by atoms with Crippen molar-refractivity contribution in [2.24, 2.45) is 5.92 Å². The molecule has 0 saturated carbocycles. The van der Waals surface area contributed by atoms with E-state index in [0.29, 0.717) is 0 Å². The highest BCUT2D eigenvalue weighted by Gasteiger charge is 2.14. The van der Waals surface area contributed by atoms with Crippen molar-refractivity contribution in [2.45, 2.75) is 12.8 Å². The van der Waals surface area contributed by atoms with E-state index in [4.69, 9.17) is 4.74 Å². The summed E-state index contributed by atoms with van der Waals surface area (Å²) in [5, 5.41) is 9.11. The van der Waals surface area contributed by atoms with E-state index in [9.17, 15) is 0 Å². The minimum absolute atomic E-state index is 0.798. The number of nitrogens with one attached hydrogen (secondary N) is 2. The smallest absolute Gasteiger partial charge is 0.133 e. The molecule has 1 aromatic carbocycles. The van der Waals surface area contributed by atoms with E-state index in [1.54, 1.807) is 7.11 Å². The lowest BCUT2D eigenvalue weighted by molar-refractivity contribution is 0.420. The van der Waals surface area contributed by atoms with Crippen LogP contribution in [0.25, 0.3) is 10.8 Å². The molecule has 0 amide bonds. The third-order valence-electron chi connectivity index (χ3n) is 3.99. The molecule has 1 aliphatic rings. The molecule has 4 heteroatoms. The zero-order valence-electron chi connectivity index (χ0n) is 11.9. The number of benzene rings is 1. The minimum atomic E-state index is 0.798. The summed E-state index contributed by atoms with van der Waals surface area (Å²) in [5.74, 6) is 2.65. The second-order valence-corrected chi connectivity index (χ2v) is 5.29. The molecule has 106 valence electrons. The van der Waals surface area contributed by atoms with Gasteiger partial charge in [0.1, 0.15) is 11.6 Å². The monoisotopic (exact) mass is 271 g/mol. The number of nitrogens with zero attached hydrogens (tertiary/aromatic N) is 1. The number of methoxy groups -OCH3 is 1. The van der Waals surface area contributed by atoms with Gasteiger partial charge in [-0.3, -0.25) is 0 Å². The zero-order chi connectivity index (χ0) is 13.8. The van der Waals surface area contributed by atoms with Crippen molar-refractivity contribution in [3.8, 4) is 5.75 Å². The predicted octanol–water partition coefficient (Wildman–Crippen LogP) is 2.65. The minimum Gasteiger partial charge on any atom is -0.496 e. The topological polar surface area (TPSA) is 46.2 Å². The molecular formula is C16H21N3O. The molecule has 20 heavy (non-hydrogen) atoms. The van der Waals surface area contributed by atoms with Gasteiger partial charge in [0.05, 0.1) is 7.11 Å². The standard InChI is InChI=1S/C16H21N3O/c1-20-15-4-2-3-14-13(15)7-10-19-16(14)18-9-6-12-5-8-17-11-12/h2-4,7,10,12,17H,5-6,8-9,11H2,1H3,(H,18,19). The molecule has 0 bridgehead atoms. The van der Waals surface area contributed by atoms with E-state index in [1.807, 2.05) is 24.4 Å². The van der Waals surface area contributed by atoms with Gasteiger partial charge in [-0.25, -0.2) is 4.98 Å². The Morgan fingerprint density at radius 2 is 2.30 bits per heavy atom. The Hall–Kier alpha value is -1.81. The number of hydrogen-bond donors (Lipinski definition) is 2. The molecule has 3 rings (SSSR count). The first kappa shape index (κ1) is 13.2. The van der Waals surface area contributed by atoms with Crippen LogP contribution in [-0.4, -0.2) is 31.7 Å². The fraction of sp³-hybridized carbons (Fsp3) is 0.438. The Kier molecular flexibility index (Phi) is 4.02. The van der Waals surface area contributed by atoms with Crippen molar-refractivity contribution in [3.63, 3.8) is 0 Å². The molecule has 1 aromatic heterocycles. The van der Waals surface area contributed by atoms with Crippen LogP contribution in [0.3, 0.4) is 0 Å². The van der Waals surface area contributed by atoms with Crippen LogP contribution in [0.5, 0.6) is 5.75 Å². The number of fused-ring (bicyclic) bond motifs is 1. The van der Waals surface area contributed by atoms with Gasteiger partial charge in [-0.05, 0) is 44.0 Å². The molecule has 2 heterocycles. The van der Waals surface area contributed by atoms with Crippen LogP contribution in [0.2, 0.25) is 0 Å². The highest BCUT2D eigenvalue weighted by atomic mass is 16.5. The summed E-state index contributed by atoms with van der Waals surface area (Å²) < 4.78 is 5.40. The van der Waals surface area contributed by atoms with Gasteiger partial charge < -0.3 is 15.4 Å². The van der Waals surface area contributed by atoms with E-state index < -0.39 is 0 Å². The van der Waals surface area contributed by atoms with Crippen molar-refractivity contribution >= 4 is 16.6 Å². The number of anilines is 1. The summed E-state index contributed by atoms with van der Waals surface area (Å²) >= 11 is 0. The fourth-order valence-electron chi connectivity index (χ4n) is 2.85. The third kappa shape index (κ3) is 2.70. The van der Waals surface area contributed by atoms with Crippen LogP contribution in [0, 0.1) is 5.92 Å². The molecule has 1 aliphatic heterocycles. The lowest BCUT2D eigenvalue weighted by Crippen LogP contribution is -2.13. The molecule has 4 nitrogen and oxygen atoms in total. The van der Waals surface area contributed by atoms with Gasteiger partial charge in [0.25, 0.3) is 0 Å². The molecular weight excluding hydrogens is 250 g/mol. The quantitative estimate of drug-likeness (QED) is 0.877. The first-order chi connectivity index (χ1) is 9.88. The Labute approximate surface area is 119 Å². The molecule has 1 unspecified atom stereocenters. The normalized spacial score (nSPS) is 18.4. The lowest BCUT2D eigenvalue weighted by Gasteiger charge is -2.12. The number of aromatic nitrogens is 1. The number of pyridine rings is 1. The first-order valence-electron chi connectivity index (χ1n) is 7.25. The molecule has 0 radical (unpaired) electrons. The molecule has 0 spiro atoms. The number of rotatable bonds is 5. The predicted molar refractivity (Wildman–Crippen MR) is 82.4 cm³/mol. The number of hydrogen-bond acceptors (Lipinski definition) is 4. The maximum absolute atomic E-state index is 5.40. The average molecular weight is 271 g/mol. The maximum atomic E-state index is 5.40. The van der Waals surface area contributed by atoms with Gasteiger partial charge in [-0.15, -0.1) is 0 Å². The van der Waals surface area contributed by atoms with Gasteiger partial charge in [0, 0.05) is 23.5 Å². The fourth-order valence-corrected chi connectivity index (χ4v) is 2.85. The van der Waals surface area contributed by atoms with E-state index in [-0.39, 0.29) is 0 Å². The SMILES string of the molecule is COc1cccc2c(NCCC3CCNC3)nccc12. The van der Waals surface area contributed by atoms with Crippen LogP contribution in [0.15, 0.2) is 30.5 Å². The second kappa shape index (κ2) is 6.09. The summed E-state index contributed by atoms with van der Waals surface area (Å²) in [5.41, 5.74) is 0. The molecule has 1 fully saturated rings. The van der Waals surface area contributed by atoms with Gasteiger partial charge in [0.2, 0.25) is 0 Å². The highest BCUT2D eigenvalue weighted by Crippen LogP contribution is 2.29. The summed E-state index contributed by atoms with van der Waals surface area (Å²) in [7, 11) is 1.70. The number of ether oxygens (including phenoxy) is 1. The van der Waals surface area contributed by atoms with Crippen molar-refractivity contribution < 1.29 is 4.74 Å². The Bertz CT molecular complexity index is 579. The van der Waals surface area contributed by atoms with E-state index in [1.165, 1.54) is 12.8 Å². The third-order valence-corrected chi connectivity index (χ3v) is 3.99. The summed E-state index contributed by atoms with van der Waals surface area (Å²) in [6.07, 6.45) is 4.32. The Balaban J connectivity index is 1.74. The van der Waals surface area contributed by atoms with Gasteiger partial charge in [-0.2, -0.15) is 0 Å². The van der Waals surface area contributed by atoms with Crippen molar-refractivity contribution in [1.29, 1.82) is 0 Å². The average Bonchev–Trinajstić information content (AvgIpc) is 3.00. The molecule has 1 atom stereocenters. The van der Waals surface area contributed by atoms with Crippen LogP contribution in [0.1, 0.15) is 12.8 Å². The van der Waals surface area contributed by atoms with E-state index in [0.717, 1.165) is 47.9 Å². The molecule has 2 aromatic rings. The van der Waals surface area contributed by atoms with Crippen LogP contribution >= 0.6 is 0 Å². The largest absolute Gasteiger partial charge is 0.496 e. The van der Waals surface area contributed by atoms with E-state index in [2.05, 4.69) is 21.7 Å². The second-order valence-electron chi connectivity index (χ2n) is 5.29. The summed E-state index contributed by atoms with van der Waals surface area (Å²) in [4.78, 5) is 4.46. The van der Waals surface area contributed by atoms with Crippen molar-refractivity contribution in [2.75, 3.05) is 32.1 Å². The van der Waals surface area contributed by atoms with Crippen LogP contribution < -0.4 is 15.4 Å². The lowest BCUT2D eigenvalue weighted by atomic mass is 10.1. The zero-order valence-corrected chi connectivity index (χ0v) is 11.9. The highest BCUT2D eigenvalue weighted by molar-refractivity contribution is 5.95. The first-order valence-corrected chi connectivity index (χ1v) is 7.25. The molecule has 2 N–H and O–H groups in total. The molecule has 1 saturated heterocycles. The van der Waals surface area contributed by atoms with Crippen LogP contribution in [0.4, 0.5) is 5.82 Å². The Morgan fingerprint density at radius 3 is 3.10 bits per heavy atom. The maximum Gasteiger partial charge on any atom is 0.133 e. The Morgan fingerprint density at radius 1 is 1.35 bits per heavy atom. The summed E-state index contributed by atoms with van der Waals surface area (Å²) in [6, 6.07) is 8.08.